The lowest BCUT2D eigenvalue weighted by Gasteiger charge is -2.59. The molecule has 13 heavy (non-hydrogen) atoms. The second kappa shape index (κ2) is 2.52. The highest BCUT2D eigenvalue weighted by molar-refractivity contribution is 9.10. The highest BCUT2D eigenvalue weighted by atomic mass is 79.9. The molecule has 4 bridgehead atoms. The summed E-state index contributed by atoms with van der Waals surface area (Å²) < 4.78 is 0.416. The molecule has 4 fully saturated rings. The summed E-state index contributed by atoms with van der Waals surface area (Å²) in [6, 6.07) is 0. The number of alkyl halides is 1. The van der Waals surface area contributed by atoms with Crippen LogP contribution in [-0.2, 0) is 0 Å². The molecular formula is C11H17BrO. The Labute approximate surface area is 88.0 Å². The van der Waals surface area contributed by atoms with Gasteiger partial charge >= 0.3 is 0 Å². The molecule has 0 aromatic rings. The minimum Gasteiger partial charge on any atom is -0.396 e. The van der Waals surface area contributed by atoms with Crippen LogP contribution in [0.25, 0.3) is 0 Å². The summed E-state index contributed by atoms with van der Waals surface area (Å²) in [5.41, 5.74) is 0.313. The average molecular weight is 245 g/mol. The molecule has 0 amide bonds. The van der Waals surface area contributed by atoms with Crippen LogP contribution in [0.3, 0.4) is 0 Å². The molecule has 0 spiro atoms. The molecule has 0 aromatic heterocycles. The standard InChI is InChI=1S/C11H17BrO/c12-11-4-8-1-9(5-11)3-10(2-8,6-11)7-13/h8-9,13H,1-7H2/t8-,9-,10?,11?/m0/s1. The molecule has 0 radical (unpaired) electrons. The first-order valence-corrected chi connectivity index (χ1v) is 6.22. The zero-order valence-corrected chi connectivity index (χ0v) is 9.52. The topological polar surface area (TPSA) is 20.2 Å². The van der Waals surface area contributed by atoms with E-state index in [-0.39, 0.29) is 0 Å². The number of halogens is 1. The molecule has 0 aliphatic heterocycles. The Balaban J connectivity index is 1.95. The normalized spacial score (nSPS) is 58.6. The van der Waals surface area contributed by atoms with Crippen LogP contribution in [0.15, 0.2) is 0 Å². The fourth-order valence-corrected chi connectivity index (χ4v) is 6.03. The predicted octanol–water partition coefficient (Wildman–Crippen LogP) is 2.71. The van der Waals surface area contributed by atoms with Crippen molar-refractivity contribution in [3.63, 3.8) is 0 Å². The van der Waals surface area contributed by atoms with E-state index < -0.39 is 0 Å². The van der Waals surface area contributed by atoms with E-state index in [1.807, 2.05) is 0 Å². The number of hydrogen-bond donors (Lipinski definition) is 1. The largest absolute Gasteiger partial charge is 0.396 e. The van der Waals surface area contributed by atoms with Gasteiger partial charge < -0.3 is 5.11 Å². The molecule has 0 saturated heterocycles. The highest BCUT2D eigenvalue weighted by Gasteiger charge is 2.56. The fourth-order valence-electron chi connectivity index (χ4n) is 4.52. The van der Waals surface area contributed by atoms with Gasteiger partial charge in [-0.1, -0.05) is 15.9 Å². The molecule has 2 atom stereocenters. The fraction of sp³-hybridized carbons (Fsp3) is 1.00. The second-order valence-electron chi connectivity index (χ2n) is 5.77. The van der Waals surface area contributed by atoms with Crippen LogP contribution in [-0.4, -0.2) is 16.0 Å². The first-order valence-electron chi connectivity index (χ1n) is 5.43. The Morgan fingerprint density at radius 3 is 2.23 bits per heavy atom. The molecule has 74 valence electrons. The van der Waals surface area contributed by atoms with Crippen LogP contribution in [0.5, 0.6) is 0 Å². The van der Waals surface area contributed by atoms with Crippen LogP contribution in [0.1, 0.15) is 38.5 Å². The molecule has 4 aliphatic carbocycles. The van der Waals surface area contributed by atoms with Crippen molar-refractivity contribution in [1.82, 2.24) is 0 Å². The minimum absolute atomic E-state index is 0.313. The third kappa shape index (κ3) is 1.21. The van der Waals surface area contributed by atoms with Gasteiger partial charge in [0, 0.05) is 10.9 Å². The maximum Gasteiger partial charge on any atom is 0.0488 e. The molecular weight excluding hydrogens is 228 g/mol. The number of aliphatic hydroxyl groups is 1. The minimum atomic E-state index is 0.313. The van der Waals surface area contributed by atoms with Crippen LogP contribution in [0, 0.1) is 17.3 Å². The SMILES string of the molecule is OCC12C[C@@H]3C[C@H](CC(Br)(C3)C1)C2. The summed E-state index contributed by atoms with van der Waals surface area (Å²) in [5, 5.41) is 9.53. The quantitative estimate of drug-likeness (QED) is 0.704. The highest BCUT2D eigenvalue weighted by Crippen LogP contribution is 2.64. The van der Waals surface area contributed by atoms with Crippen LogP contribution < -0.4 is 0 Å². The molecule has 4 aliphatic rings. The van der Waals surface area contributed by atoms with E-state index in [2.05, 4.69) is 15.9 Å². The Kier molecular flexibility index (Phi) is 1.69. The van der Waals surface area contributed by atoms with Gasteiger partial charge in [0.25, 0.3) is 0 Å². The van der Waals surface area contributed by atoms with E-state index >= 15 is 0 Å². The van der Waals surface area contributed by atoms with E-state index in [1.165, 1.54) is 38.5 Å². The Morgan fingerprint density at radius 2 is 1.77 bits per heavy atom. The van der Waals surface area contributed by atoms with Gasteiger partial charge in [0.1, 0.15) is 0 Å². The lowest BCUT2D eigenvalue weighted by atomic mass is 9.50. The molecule has 0 heterocycles. The zero-order valence-electron chi connectivity index (χ0n) is 7.93. The van der Waals surface area contributed by atoms with Gasteiger partial charge in [0.2, 0.25) is 0 Å². The van der Waals surface area contributed by atoms with Crippen molar-refractivity contribution in [2.45, 2.75) is 42.8 Å². The molecule has 1 nitrogen and oxygen atoms in total. The van der Waals surface area contributed by atoms with Gasteiger partial charge in [0.05, 0.1) is 0 Å². The summed E-state index contributed by atoms with van der Waals surface area (Å²) in [7, 11) is 0. The van der Waals surface area contributed by atoms with Crippen LogP contribution >= 0.6 is 15.9 Å². The third-order valence-corrected chi connectivity index (χ3v) is 5.37. The smallest absolute Gasteiger partial charge is 0.0488 e. The van der Waals surface area contributed by atoms with Gasteiger partial charge in [-0.15, -0.1) is 0 Å². The summed E-state index contributed by atoms with van der Waals surface area (Å²) in [6.45, 7) is 0.424. The Bertz CT molecular complexity index is 224. The van der Waals surface area contributed by atoms with Crippen molar-refractivity contribution in [2.24, 2.45) is 17.3 Å². The van der Waals surface area contributed by atoms with Crippen LogP contribution in [0.2, 0.25) is 0 Å². The molecule has 1 N–H and O–H groups in total. The first-order chi connectivity index (χ1) is 6.13. The summed E-state index contributed by atoms with van der Waals surface area (Å²) >= 11 is 3.92. The third-order valence-electron chi connectivity index (χ3n) is 4.45. The Hall–Kier alpha value is 0.440. The van der Waals surface area contributed by atoms with Crippen molar-refractivity contribution in [1.29, 1.82) is 0 Å². The van der Waals surface area contributed by atoms with Gasteiger partial charge in [0.15, 0.2) is 0 Å². The molecule has 0 unspecified atom stereocenters. The average Bonchev–Trinajstić information content (AvgIpc) is 1.99. The van der Waals surface area contributed by atoms with E-state index in [9.17, 15) is 5.11 Å². The summed E-state index contributed by atoms with van der Waals surface area (Å²) in [6.07, 6.45) is 8.00. The number of hydrogen-bond acceptors (Lipinski definition) is 1. The zero-order chi connectivity index (χ0) is 9.10. The van der Waals surface area contributed by atoms with Crippen molar-refractivity contribution >= 4 is 15.9 Å². The van der Waals surface area contributed by atoms with Gasteiger partial charge in [-0.25, -0.2) is 0 Å². The molecule has 4 saturated carbocycles. The van der Waals surface area contributed by atoms with E-state index in [1.54, 1.807) is 0 Å². The Morgan fingerprint density at radius 1 is 1.15 bits per heavy atom. The summed E-state index contributed by atoms with van der Waals surface area (Å²) in [5.74, 6) is 1.82. The summed E-state index contributed by atoms with van der Waals surface area (Å²) in [4.78, 5) is 0. The molecule has 4 rings (SSSR count). The van der Waals surface area contributed by atoms with Gasteiger partial charge in [-0.2, -0.15) is 0 Å². The molecule has 2 heteroatoms. The molecule has 0 aromatic carbocycles. The van der Waals surface area contributed by atoms with E-state index in [0.29, 0.717) is 16.3 Å². The second-order valence-corrected chi connectivity index (χ2v) is 7.45. The van der Waals surface area contributed by atoms with Gasteiger partial charge in [-0.05, 0) is 55.8 Å². The van der Waals surface area contributed by atoms with E-state index in [4.69, 9.17) is 0 Å². The van der Waals surface area contributed by atoms with Crippen molar-refractivity contribution in [2.75, 3.05) is 6.61 Å². The van der Waals surface area contributed by atoms with Crippen molar-refractivity contribution in [3.05, 3.63) is 0 Å². The lowest BCUT2D eigenvalue weighted by Crippen LogP contribution is -2.54. The van der Waals surface area contributed by atoms with Crippen molar-refractivity contribution in [3.8, 4) is 0 Å². The number of aliphatic hydroxyl groups excluding tert-OH is 1. The van der Waals surface area contributed by atoms with Gasteiger partial charge in [-0.3, -0.25) is 0 Å². The van der Waals surface area contributed by atoms with Crippen molar-refractivity contribution < 1.29 is 5.11 Å². The first kappa shape index (κ1) is 8.72. The monoisotopic (exact) mass is 244 g/mol. The lowest BCUT2D eigenvalue weighted by molar-refractivity contribution is -0.0651. The van der Waals surface area contributed by atoms with Crippen LogP contribution in [0.4, 0.5) is 0 Å². The maximum absolute atomic E-state index is 9.53. The predicted molar refractivity (Wildman–Crippen MR) is 55.9 cm³/mol. The van der Waals surface area contributed by atoms with E-state index in [0.717, 1.165) is 11.8 Å². The number of rotatable bonds is 1. The maximum atomic E-state index is 9.53.